The number of nitrogens with one attached hydrogen (secondary N) is 1. The quantitative estimate of drug-likeness (QED) is 0.856. The van der Waals surface area contributed by atoms with Crippen molar-refractivity contribution in [2.24, 2.45) is 17.8 Å². The van der Waals surface area contributed by atoms with E-state index in [-0.39, 0.29) is 5.82 Å². The summed E-state index contributed by atoms with van der Waals surface area (Å²) in [5.74, 6) is 2.64. The number of fused-ring (bicyclic) bond motifs is 1. The summed E-state index contributed by atoms with van der Waals surface area (Å²) >= 11 is 0. The molecule has 0 amide bonds. The second kappa shape index (κ2) is 6.91. The van der Waals surface area contributed by atoms with Gasteiger partial charge in [0, 0.05) is 6.04 Å². The summed E-state index contributed by atoms with van der Waals surface area (Å²) in [4.78, 5) is 0. The molecule has 2 aliphatic carbocycles. The smallest absolute Gasteiger partial charge is 0.123 e. The minimum Gasteiger partial charge on any atom is -0.316 e. The summed E-state index contributed by atoms with van der Waals surface area (Å²) in [6, 6.07) is 7.58. The molecule has 1 N–H and O–H groups in total. The maximum absolute atomic E-state index is 13.0. The molecule has 0 spiro atoms. The summed E-state index contributed by atoms with van der Waals surface area (Å²) < 4.78 is 13.0. The maximum Gasteiger partial charge on any atom is 0.123 e. The fraction of sp³-hybridized carbons (Fsp3) is 0.684. The van der Waals surface area contributed by atoms with Gasteiger partial charge in [-0.25, -0.2) is 4.39 Å². The largest absolute Gasteiger partial charge is 0.316 e. The highest BCUT2D eigenvalue weighted by atomic mass is 19.1. The molecule has 1 aromatic rings. The zero-order valence-electron chi connectivity index (χ0n) is 13.2. The second-order valence-corrected chi connectivity index (χ2v) is 7.10. The van der Waals surface area contributed by atoms with E-state index in [2.05, 4.69) is 12.4 Å². The minimum absolute atomic E-state index is 0.137. The van der Waals surface area contributed by atoms with E-state index in [0.717, 1.165) is 24.2 Å². The second-order valence-electron chi connectivity index (χ2n) is 7.10. The molecule has 21 heavy (non-hydrogen) atoms. The van der Waals surface area contributed by atoms with Crippen LogP contribution in [0.5, 0.6) is 0 Å². The normalized spacial score (nSPS) is 30.7. The summed E-state index contributed by atoms with van der Waals surface area (Å²) in [5, 5.41) is 3.54. The Kier molecular flexibility index (Phi) is 4.95. The fourth-order valence-corrected chi connectivity index (χ4v) is 4.65. The standard InChI is InChI=1S/C19H28FN/c1-21-19(12-14-6-10-18(20)11-7-14)17-9-8-15-4-2-3-5-16(15)13-17/h6-7,10-11,15-17,19,21H,2-5,8-9,12-13H2,1H3. The van der Waals surface area contributed by atoms with Gasteiger partial charge in [-0.05, 0) is 68.2 Å². The average molecular weight is 289 g/mol. The van der Waals surface area contributed by atoms with Crippen LogP contribution in [0.25, 0.3) is 0 Å². The van der Waals surface area contributed by atoms with Crippen LogP contribution in [0.2, 0.25) is 0 Å². The van der Waals surface area contributed by atoms with Crippen molar-refractivity contribution in [1.29, 1.82) is 0 Å². The number of benzene rings is 1. The van der Waals surface area contributed by atoms with E-state index in [1.165, 1.54) is 50.5 Å². The molecule has 0 aliphatic heterocycles. The molecule has 0 heterocycles. The summed E-state index contributed by atoms with van der Waals surface area (Å²) in [6.45, 7) is 0. The van der Waals surface area contributed by atoms with Crippen molar-refractivity contribution in [1.82, 2.24) is 5.32 Å². The Morgan fingerprint density at radius 3 is 2.48 bits per heavy atom. The first-order chi connectivity index (χ1) is 10.3. The van der Waals surface area contributed by atoms with Crippen molar-refractivity contribution < 1.29 is 4.39 Å². The third kappa shape index (κ3) is 3.66. The first-order valence-corrected chi connectivity index (χ1v) is 8.68. The SMILES string of the molecule is CNC(Cc1ccc(F)cc1)C1CCC2CCCCC2C1. The molecule has 116 valence electrons. The van der Waals surface area contributed by atoms with Crippen molar-refractivity contribution in [2.45, 2.75) is 57.4 Å². The molecular formula is C19H28FN. The van der Waals surface area contributed by atoms with E-state index in [4.69, 9.17) is 0 Å². The molecule has 2 saturated carbocycles. The lowest BCUT2D eigenvalue weighted by Crippen LogP contribution is -2.40. The first kappa shape index (κ1) is 15.0. The number of hydrogen-bond donors (Lipinski definition) is 1. The number of likely N-dealkylation sites (N-methyl/N-ethyl adjacent to an activating group) is 1. The van der Waals surface area contributed by atoms with Gasteiger partial charge in [-0.2, -0.15) is 0 Å². The van der Waals surface area contributed by atoms with Crippen molar-refractivity contribution >= 4 is 0 Å². The summed E-state index contributed by atoms with van der Waals surface area (Å²) in [5.41, 5.74) is 1.25. The van der Waals surface area contributed by atoms with Gasteiger partial charge in [0.1, 0.15) is 5.82 Å². The number of rotatable bonds is 4. The number of halogens is 1. The van der Waals surface area contributed by atoms with Gasteiger partial charge in [0.05, 0.1) is 0 Å². The Hall–Kier alpha value is -0.890. The van der Waals surface area contributed by atoms with Crippen molar-refractivity contribution in [3.05, 3.63) is 35.6 Å². The lowest BCUT2D eigenvalue weighted by atomic mass is 9.65. The monoisotopic (exact) mass is 289 g/mol. The Labute approximate surface area is 128 Å². The lowest BCUT2D eigenvalue weighted by molar-refractivity contribution is 0.111. The highest BCUT2D eigenvalue weighted by Crippen LogP contribution is 2.43. The predicted octanol–water partition coefficient (Wildman–Crippen LogP) is 4.56. The molecule has 1 aromatic carbocycles. The van der Waals surface area contributed by atoms with Gasteiger partial charge in [-0.15, -0.1) is 0 Å². The summed E-state index contributed by atoms with van der Waals surface area (Å²) in [6.07, 6.45) is 11.0. The molecule has 0 radical (unpaired) electrons. The van der Waals surface area contributed by atoms with E-state index in [1.807, 2.05) is 12.1 Å². The highest BCUT2D eigenvalue weighted by molar-refractivity contribution is 5.17. The molecule has 2 heteroatoms. The van der Waals surface area contributed by atoms with Crippen molar-refractivity contribution in [3.8, 4) is 0 Å². The van der Waals surface area contributed by atoms with Crippen LogP contribution in [0.1, 0.15) is 50.5 Å². The van der Waals surface area contributed by atoms with E-state index < -0.39 is 0 Å². The molecule has 2 fully saturated rings. The molecule has 0 aromatic heterocycles. The van der Waals surface area contributed by atoms with Gasteiger partial charge in [-0.1, -0.05) is 37.8 Å². The van der Waals surface area contributed by atoms with Crippen LogP contribution in [0.4, 0.5) is 4.39 Å². The Morgan fingerprint density at radius 1 is 1.05 bits per heavy atom. The molecule has 3 rings (SSSR count). The average Bonchev–Trinajstić information content (AvgIpc) is 2.54. The van der Waals surface area contributed by atoms with Crippen LogP contribution in [0, 0.1) is 23.6 Å². The van der Waals surface area contributed by atoms with Gasteiger partial charge in [0.25, 0.3) is 0 Å². The minimum atomic E-state index is -0.137. The Morgan fingerprint density at radius 2 is 1.76 bits per heavy atom. The van der Waals surface area contributed by atoms with Gasteiger partial charge in [-0.3, -0.25) is 0 Å². The molecule has 0 bridgehead atoms. The van der Waals surface area contributed by atoms with Gasteiger partial charge in [0.15, 0.2) is 0 Å². The molecule has 4 unspecified atom stereocenters. The molecular weight excluding hydrogens is 261 g/mol. The molecule has 0 saturated heterocycles. The van der Waals surface area contributed by atoms with Gasteiger partial charge in [0.2, 0.25) is 0 Å². The first-order valence-electron chi connectivity index (χ1n) is 8.68. The zero-order valence-corrected chi connectivity index (χ0v) is 13.2. The van der Waals surface area contributed by atoms with Crippen LogP contribution in [0.15, 0.2) is 24.3 Å². The van der Waals surface area contributed by atoms with Crippen LogP contribution in [-0.4, -0.2) is 13.1 Å². The highest BCUT2D eigenvalue weighted by Gasteiger charge is 2.34. The topological polar surface area (TPSA) is 12.0 Å². The zero-order chi connectivity index (χ0) is 14.7. The third-order valence-electron chi connectivity index (χ3n) is 5.89. The lowest BCUT2D eigenvalue weighted by Gasteiger charge is -2.42. The van der Waals surface area contributed by atoms with Crippen LogP contribution in [-0.2, 0) is 6.42 Å². The fourth-order valence-electron chi connectivity index (χ4n) is 4.65. The molecule has 4 atom stereocenters. The molecule has 1 nitrogen and oxygen atoms in total. The van der Waals surface area contributed by atoms with Gasteiger partial charge < -0.3 is 5.32 Å². The summed E-state index contributed by atoms with van der Waals surface area (Å²) in [7, 11) is 2.08. The van der Waals surface area contributed by atoms with Crippen LogP contribution in [0.3, 0.4) is 0 Å². The van der Waals surface area contributed by atoms with Crippen molar-refractivity contribution in [3.63, 3.8) is 0 Å². The third-order valence-corrected chi connectivity index (χ3v) is 5.89. The Bertz CT molecular complexity index is 441. The predicted molar refractivity (Wildman–Crippen MR) is 85.7 cm³/mol. The van der Waals surface area contributed by atoms with E-state index >= 15 is 0 Å². The number of hydrogen-bond acceptors (Lipinski definition) is 1. The Balaban J connectivity index is 1.61. The van der Waals surface area contributed by atoms with E-state index in [0.29, 0.717) is 6.04 Å². The van der Waals surface area contributed by atoms with E-state index in [9.17, 15) is 4.39 Å². The van der Waals surface area contributed by atoms with Gasteiger partial charge >= 0.3 is 0 Å². The van der Waals surface area contributed by atoms with Crippen LogP contribution < -0.4 is 5.32 Å². The van der Waals surface area contributed by atoms with Crippen molar-refractivity contribution in [2.75, 3.05) is 7.05 Å². The molecule has 2 aliphatic rings. The van der Waals surface area contributed by atoms with E-state index in [1.54, 1.807) is 12.1 Å². The maximum atomic E-state index is 13.0. The van der Waals surface area contributed by atoms with Crippen LogP contribution >= 0.6 is 0 Å².